The highest BCUT2D eigenvalue weighted by Crippen LogP contribution is 2.40. The summed E-state index contributed by atoms with van der Waals surface area (Å²) in [6.45, 7) is 3.02. The topological polar surface area (TPSA) is 78.7 Å². The molecule has 0 unspecified atom stereocenters. The molecule has 3 N–H and O–H groups in total. The molecule has 1 saturated heterocycles. The van der Waals surface area contributed by atoms with E-state index in [9.17, 15) is 27.2 Å². The summed E-state index contributed by atoms with van der Waals surface area (Å²) in [7, 11) is 1.35. The number of nitrogens with one attached hydrogen (secondary N) is 1. The number of halogens is 4. The SMILES string of the molecule is CNC(=O)c1ccc(N2C(=S)N(c3ccc(N)c(C(F)(F)F)c3)C(=O)C2(C)C)cc1F. The number of carbonyl (C=O) groups excluding carboxylic acids is 2. The van der Waals surface area contributed by atoms with Crippen LogP contribution in [0.3, 0.4) is 0 Å². The van der Waals surface area contributed by atoms with Gasteiger partial charge in [-0.05, 0) is 62.5 Å². The third-order valence-corrected chi connectivity index (χ3v) is 5.32. The maximum absolute atomic E-state index is 14.5. The summed E-state index contributed by atoms with van der Waals surface area (Å²) < 4.78 is 54.3. The minimum Gasteiger partial charge on any atom is -0.398 e. The van der Waals surface area contributed by atoms with Gasteiger partial charge < -0.3 is 16.0 Å². The van der Waals surface area contributed by atoms with E-state index in [1.54, 1.807) is 0 Å². The molecule has 31 heavy (non-hydrogen) atoms. The summed E-state index contributed by atoms with van der Waals surface area (Å²) >= 11 is 5.39. The zero-order valence-electron chi connectivity index (χ0n) is 16.7. The fraction of sp³-hybridized carbons (Fsp3) is 0.250. The Labute approximate surface area is 180 Å². The van der Waals surface area contributed by atoms with E-state index < -0.39 is 40.6 Å². The van der Waals surface area contributed by atoms with Crippen LogP contribution in [0.15, 0.2) is 36.4 Å². The molecular weight excluding hydrogens is 436 g/mol. The van der Waals surface area contributed by atoms with E-state index in [2.05, 4.69) is 5.32 Å². The Morgan fingerprint density at radius 3 is 2.29 bits per heavy atom. The molecule has 1 heterocycles. The van der Waals surface area contributed by atoms with E-state index in [1.165, 1.54) is 44.0 Å². The Morgan fingerprint density at radius 2 is 1.74 bits per heavy atom. The highest BCUT2D eigenvalue weighted by atomic mass is 32.1. The summed E-state index contributed by atoms with van der Waals surface area (Å²) in [5.74, 6) is -2.08. The lowest BCUT2D eigenvalue weighted by atomic mass is 10.0. The van der Waals surface area contributed by atoms with Crippen molar-refractivity contribution >= 4 is 46.2 Å². The normalized spacial score (nSPS) is 16.1. The lowest BCUT2D eigenvalue weighted by Gasteiger charge is -2.29. The van der Waals surface area contributed by atoms with Gasteiger partial charge in [0.25, 0.3) is 11.8 Å². The van der Waals surface area contributed by atoms with Crippen LogP contribution in [0.5, 0.6) is 0 Å². The number of thiocarbonyl (C=S) groups is 1. The van der Waals surface area contributed by atoms with Crippen LogP contribution in [0.1, 0.15) is 29.8 Å². The molecule has 0 radical (unpaired) electrons. The summed E-state index contributed by atoms with van der Waals surface area (Å²) in [5.41, 5.74) is 2.37. The van der Waals surface area contributed by atoms with Gasteiger partial charge in [-0.2, -0.15) is 13.2 Å². The number of rotatable bonds is 3. The molecule has 0 saturated carbocycles. The molecule has 1 aliphatic rings. The number of nitrogen functional groups attached to an aromatic ring is 1. The van der Waals surface area contributed by atoms with Gasteiger partial charge in [-0.15, -0.1) is 0 Å². The molecule has 0 aliphatic carbocycles. The van der Waals surface area contributed by atoms with Crippen molar-refractivity contribution in [3.8, 4) is 0 Å². The predicted octanol–water partition coefficient (Wildman–Crippen LogP) is 3.70. The Kier molecular flexibility index (Phi) is 5.43. The van der Waals surface area contributed by atoms with Crippen molar-refractivity contribution in [3.63, 3.8) is 0 Å². The lowest BCUT2D eigenvalue weighted by molar-refractivity contribution is -0.137. The lowest BCUT2D eigenvalue weighted by Crippen LogP contribution is -2.44. The Balaban J connectivity index is 2.08. The van der Waals surface area contributed by atoms with Gasteiger partial charge in [0.05, 0.1) is 16.8 Å². The Bertz CT molecular complexity index is 1100. The first-order chi connectivity index (χ1) is 14.3. The molecule has 2 amide bonds. The third kappa shape index (κ3) is 3.69. The first-order valence-corrected chi connectivity index (χ1v) is 9.38. The molecule has 11 heteroatoms. The zero-order chi connectivity index (χ0) is 23.3. The van der Waals surface area contributed by atoms with E-state index >= 15 is 0 Å². The molecule has 0 spiro atoms. The molecule has 3 rings (SSSR count). The van der Waals surface area contributed by atoms with Crippen molar-refractivity contribution in [3.05, 3.63) is 53.3 Å². The van der Waals surface area contributed by atoms with Crippen LogP contribution in [0.4, 0.5) is 34.6 Å². The summed E-state index contributed by atoms with van der Waals surface area (Å²) in [6, 6.07) is 6.72. The number of nitrogens with zero attached hydrogens (tertiary/aromatic N) is 2. The van der Waals surface area contributed by atoms with Crippen LogP contribution in [-0.2, 0) is 11.0 Å². The zero-order valence-corrected chi connectivity index (χ0v) is 17.5. The number of anilines is 3. The van der Waals surface area contributed by atoms with Crippen molar-refractivity contribution in [2.24, 2.45) is 0 Å². The van der Waals surface area contributed by atoms with Crippen LogP contribution in [0.2, 0.25) is 0 Å². The van der Waals surface area contributed by atoms with Gasteiger partial charge in [0.15, 0.2) is 5.11 Å². The van der Waals surface area contributed by atoms with Gasteiger partial charge in [-0.25, -0.2) is 4.39 Å². The molecule has 2 aromatic carbocycles. The van der Waals surface area contributed by atoms with E-state index in [0.717, 1.165) is 23.1 Å². The van der Waals surface area contributed by atoms with E-state index in [1.807, 2.05) is 0 Å². The molecule has 1 fully saturated rings. The second-order valence-electron chi connectivity index (χ2n) is 7.33. The standard InChI is InChI=1S/C20H18F4N4O2S/c1-19(2)17(30)27(10-5-7-15(25)13(8-10)20(22,23)24)18(31)28(19)11-4-6-12(14(21)9-11)16(29)26-3/h4-9H,25H2,1-3H3,(H,26,29). The maximum Gasteiger partial charge on any atom is 0.418 e. The second-order valence-corrected chi connectivity index (χ2v) is 7.70. The maximum atomic E-state index is 14.5. The number of hydrogen-bond acceptors (Lipinski definition) is 4. The van der Waals surface area contributed by atoms with Crippen molar-refractivity contribution in [1.29, 1.82) is 0 Å². The van der Waals surface area contributed by atoms with Crippen LogP contribution in [-0.4, -0.2) is 29.5 Å². The third-order valence-electron chi connectivity index (χ3n) is 4.95. The molecule has 1 aliphatic heterocycles. The van der Waals surface area contributed by atoms with Gasteiger partial charge in [-0.1, -0.05) is 0 Å². The highest BCUT2D eigenvalue weighted by Gasteiger charge is 2.50. The highest BCUT2D eigenvalue weighted by molar-refractivity contribution is 7.81. The quantitative estimate of drug-likeness (QED) is 0.420. The Morgan fingerprint density at radius 1 is 1.13 bits per heavy atom. The molecule has 0 bridgehead atoms. The number of nitrogens with two attached hydrogens (primary N) is 1. The van der Waals surface area contributed by atoms with Gasteiger partial charge >= 0.3 is 6.18 Å². The smallest absolute Gasteiger partial charge is 0.398 e. The van der Waals surface area contributed by atoms with E-state index in [4.69, 9.17) is 18.0 Å². The number of alkyl halides is 3. The number of carbonyl (C=O) groups is 2. The van der Waals surface area contributed by atoms with Crippen molar-refractivity contribution in [2.45, 2.75) is 25.6 Å². The summed E-state index contributed by atoms with van der Waals surface area (Å²) in [5, 5.41) is 2.17. The largest absolute Gasteiger partial charge is 0.418 e. The van der Waals surface area contributed by atoms with Crippen LogP contribution in [0.25, 0.3) is 0 Å². The first kappa shape index (κ1) is 22.5. The van der Waals surface area contributed by atoms with Crippen LogP contribution >= 0.6 is 12.2 Å². The van der Waals surface area contributed by atoms with Gasteiger partial charge in [-0.3, -0.25) is 14.5 Å². The van der Waals surface area contributed by atoms with Crippen LogP contribution in [0, 0.1) is 5.82 Å². The molecule has 6 nitrogen and oxygen atoms in total. The molecule has 164 valence electrons. The van der Waals surface area contributed by atoms with Crippen molar-refractivity contribution < 1.29 is 27.2 Å². The predicted molar refractivity (Wildman–Crippen MR) is 112 cm³/mol. The number of benzene rings is 2. The van der Waals surface area contributed by atoms with Gasteiger partial charge in [0.1, 0.15) is 11.4 Å². The molecule has 2 aromatic rings. The molecular formula is C20H18F4N4O2S. The molecule has 0 atom stereocenters. The van der Waals surface area contributed by atoms with E-state index in [0.29, 0.717) is 0 Å². The fourth-order valence-corrected chi connectivity index (χ4v) is 3.87. The van der Waals surface area contributed by atoms with Crippen LogP contribution < -0.4 is 20.9 Å². The average Bonchev–Trinajstić information content (AvgIpc) is 2.85. The minimum absolute atomic E-state index is 0.116. The number of amides is 2. The van der Waals surface area contributed by atoms with Gasteiger partial charge in [0, 0.05) is 18.4 Å². The second kappa shape index (κ2) is 7.49. The fourth-order valence-electron chi connectivity index (χ4n) is 3.35. The van der Waals surface area contributed by atoms with Crippen molar-refractivity contribution in [1.82, 2.24) is 5.32 Å². The summed E-state index contributed by atoms with van der Waals surface area (Å²) in [6.07, 6.45) is -4.72. The van der Waals surface area contributed by atoms with E-state index in [-0.39, 0.29) is 22.1 Å². The van der Waals surface area contributed by atoms with Gasteiger partial charge in [0.2, 0.25) is 0 Å². The average molecular weight is 454 g/mol. The minimum atomic E-state index is -4.72. The van der Waals surface area contributed by atoms with Crippen molar-refractivity contribution in [2.75, 3.05) is 22.6 Å². The molecule has 0 aromatic heterocycles. The Hall–Kier alpha value is -3.21. The number of hydrogen-bond donors (Lipinski definition) is 2. The summed E-state index contributed by atoms with van der Waals surface area (Å²) in [4.78, 5) is 27.1. The first-order valence-electron chi connectivity index (χ1n) is 8.97. The monoisotopic (exact) mass is 454 g/mol.